The lowest BCUT2D eigenvalue weighted by Crippen LogP contribution is -2.01. The van der Waals surface area contributed by atoms with Gasteiger partial charge in [-0.25, -0.2) is 0 Å². The molecule has 0 saturated carbocycles. The predicted octanol–water partition coefficient (Wildman–Crippen LogP) is 4.14. The Morgan fingerprint density at radius 2 is 2.00 bits per heavy atom. The average molecular weight is 276 g/mol. The highest BCUT2D eigenvalue weighted by atomic mass is 32.1. The first kappa shape index (κ1) is 13.5. The zero-order valence-electron chi connectivity index (χ0n) is 11.0. The van der Waals surface area contributed by atoms with E-state index in [1.165, 1.54) is 15.8 Å². The summed E-state index contributed by atoms with van der Waals surface area (Å²) in [5, 5.41) is 14.1. The van der Waals surface area contributed by atoms with E-state index in [0.29, 0.717) is 12.1 Å². The van der Waals surface area contributed by atoms with Crippen molar-refractivity contribution in [2.75, 3.05) is 5.32 Å². The van der Waals surface area contributed by atoms with E-state index in [1.807, 2.05) is 6.07 Å². The number of nitrogens with one attached hydrogen (secondary N) is 1. The van der Waals surface area contributed by atoms with E-state index in [4.69, 9.17) is 0 Å². The molecule has 2 rings (SSSR count). The van der Waals surface area contributed by atoms with E-state index < -0.39 is 0 Å². The van der Waals surface area contributed by atoms with Crippen LogP contribution < -0.4 is 5.32 Å². The normalized spacial score (nSPS) is 10.4. The monoisotopic (exact) mass is 276 g/mol. The molecule has 0 aliphatic rings. The Kier molecular flexibility index (Phi) is 4.16. The minimum atomic E-state index is -0.346. The molecule has 1 heterocycles. The van der Waals surface area contributed by atoms with Crippen LogP contribution in [-0.2, 0) is 13.0 Å². The number of thiophene rings is 1. The predicted molar refractivity (Wildman–Crippen MR) is 78.9 cm³/mol. The van der Waals surface area contributed by atoms with Crippen molar-refractivity contribution in [3.05, 3.63) is 55.8 Å². The maximum atomic E-state index is 10.9. The van der Waals surface area contributed by atoms with Gasteiger partial charge in [0, 0.05) is 33.6 Å². The molecule has 0 spiro atoms. The Morgan fingerprint density at radius 3 is 2.63 bits per heavy atom. The molecule has 4 nitrogen and oxygen atoms in total. The van der Waals surface area contributed by atoms with Gasteiger partial charge in [0.15, 0.2) is 0 Å². The van der Waals surface area contributed by atoms with Crippen molar-refractivity contribution in [2.24, 2.45) is 0 Å². The molecule has 0 saturated heterocycles. The molecule has 0 aliphatic carbocycles. The van der Waals surface area contributed by atoms with Crippen molar-refractivity contribution in [3.63, 3.8) is 0 Å². The fourth-order valence-electron chi connectivity index (χ4n) is 1.90. The number of anilines is 1. The van der Waals surface area contributed by atoms with Gasteiger partial charge in [0.2, 0.25) is 0 Å². The number of hydrogen-bond acceptors (Lipinski definition) is 4. The first-order valence-electron chi connectivity index (χ1n) is 6.17. The number of nitro groups is 1. The van der Waals surface area contributed by atoms with E-state index >= 15 is 0 Å². The van der Waals surface area contributed by atoms with Gasteiger partial charge < -0.3 is 5.32 Å². The molecule has 0 bridgehead atoms. The number of rotatable bonds is 5. The highest BCUT2D eigenvalue weighted by Gasteiger charge is 2.12. The van der Waals surface area contributed by atoms with Gasteiger partial charge in [-0.1, -0.05) is 13.0 Å². The first-order valence-corrected chi connectivity index (χ1v) is 6.99. The van der Waals surface area contributed by atoms with Gasteiger partial charge in [-0.15, -0.1) is 11.3 Å². The fourth-order valence-corrected chi connectivity index (χ4v) is 2.80. The minimum Gasteiger partial charge on any atom is -0.380 e. The van der Waals surface area contributed by atoms with Gasteiger partial charge in [0.1, 0.15) is 0 Å². The summed E-state index contributed by atoms with van der Waals surface area (Å²) in [5.41, 5.74) is 1.66. The van der Waals surface area contributed by atoms with Crippen LogP contribution in [0.2, 0.25) is 0 Å². The molecule has 0 radical (unpaired) electrons. The Morgan fingerprint density at radius 1 is 1.26 bits per heavy atom. The summed E-state index contributed by atoms with van der Waals surface area (Å²) in [7, 11) is 0. The summed E-state index contributed by atoms with van der Waals surface area (Å²) in [4.78, 5) is 13.1. The highest BCUT2D eigenvalue weighted by molar-refractivity contribution is 7.12. The lowest BCUT2D eigenvalue weighted by atomic mass is 10.1. The summed E-state index contributed by atoms with van der Waals surface area (Å²) in [5.74, 6) is 0. The Hall–Kier alpha value is -1.88. The largest absolute Gasteiger partial charge is 0.380 e. The van der Waals surface area contributed by atoms with E-state index in [2.05, 4.69) is 24.4 Å². The molecule has 5 heteroatoms. The molecule has 0 unspecified atom stereocenters. The van der Waals surface area contributed by atoms with Crippen molar-refractivity contribution < 1.29 is 4.92 Å². The standard InChI is InChI=1S/C14H16N2O2S/c1-3-11-7-8-12(19-11)9-15-13-5-4-6-14(10(13)2)16(17)18/h4-8,15H,3,9H2,1-2H3. The molecule has 100 valence electrons. The quantitative estimate of drug-likeness (QED) is 0.659. The Labute approximate surface area is 116 Å². The van der Waals surface area contributed by atoms with Crippen LogP contribution in [0.25, 0.3) is 0 Å². The van der Waals surface area contributed by atoms with Crippen LogP contribution in [0.15, 0.2) is 30.3 Å². The van der Waals surface area contributed by atoms with Crippen LogP contribution in [-0.4, -0.2) is 4.92 Å². The third-order valence-corrected chi connectivity index (χ3v) is 4.25. The topological polar surface area (TPSA) is 55.2 Å². The SMILES string of the molecule is CCc1ccc(CNc2cccc([N+](=O)[O-])c2C)s1. The van der Waals surface area contributed by atoms with Gasteiger partial charge in [0.25, 0.3) is 5.69 Å². The average Bonchev–Trinajstić information content (AvgIpc) is 2.85. The first-order chi connectivity index (χ1) is 9.11. The third-order valence-electron chi connectivity index (χ3n) is 3.02. The van der Waals surface area contributed by atoms with Crippen LogP contribution >= 0.6 is 11.3 Å². The number of nitro benzene ring substituents is 1. The summed E-state index contributed by atoms with van der Waals surface area (Å²) in [6.07, 6.45) is 1.04. The molecule has 0 amide bonds. The number of aryl methyl sites for hydroxylation is 1. The second kappa shape index (κ2) is 5.84. The summed E-state index contributed by atoms with van der Waals surface area (Å²) < 4.78 is 0. The molecule has 1 aromatic carbocycles. The van der Waals surface area contributed by atoms with Crippen molar-refractivity contribution >= 4 is 22.7 Å². The molecular weight excluding hydrogens is 260 g/mol. The van der Waals surface area contributed by atoms with Crippen molar-refractivity contribution in [2.45, 2.75) is 26.8 Å². The number of benzene rings is 1. The molecule has 0 atom stereocenters. The van der Waals surface area contributed by atoms with Crippen molar-refractivity contribution in [1.82, 2.24) is 0 Å². The van der Waals surface area contributed by atoms with Gasteiger partial charge in [-0.2, -0.15) is 0 Å². The van der Waals surface area contributed by atoms with E-state index in [9.17, 15) is 10.1 Å². The maximum absolute atomic E-state index is 10.9. The molecule has 19 heavy (non-hydrogen) atoms. The van der Waals surface area contributed by atoms with E-state index in [-0.39, 0.29) is 10.6 Å². The number of hydrogen-bond donors (Lipinski definition) is 1. The second-order valence-electron chi connectivity index (χ2n) is 4.28. The fraction of sp³-hybridized carbons (Fsp3) is 0.286. The summed E-state index contributed by atoms with van der Waals surface area (Å²) >= 11 is 1.77. The van der Waals surface area contributed by atoms with Crippen LogP contribution in [0.1, 0.15) is 22.2 Å². The smallest absolute Gasteiger partial charge is 0.274 e. The van der Waals surface area contributed by atoms with Crippen LogP contribution in [0.4, 0.5) is 11.4 Å². The van der Waals surface area contributed by atoms with Crippen molar-refractivity contribution in [1.29, 1.82) is 0 Å². The third kappa shape index (κ3) is 3.12. The Bertz CT molecular complexity index is 593. The van der Waals surface area contributed by atoms with E-state index in [0.717, 1.165) is 12.1 Å². The molecule has 2 aromatic rings. The minimum absolute atomic E-state index is 0.158. The summed E-state index contributed by atoms with van der Waals surface area (Å²) in [6, 6.07) is 9.34. The molecule has 0 aliphatic heterocycles. The van der Waals surface area contributed by atoms with E-state index in [1.54, 1.807) is 24.3 Å². The summed E-state index contributed by atoms with van der Waals surface area (Å²) in [6.45, 7) is 4.60. The van der Waals surface area contributed by atoms with Gasteiger partial charge >= 0.3 is 0 Å². The molecule has 1 N–H and O–H groups in total. The zero-order valence-corrected chi connectivity index (χ0v) is 11.8. The van der Waals surface area contributed by atoms with Crippen molar-refractivity contribution in [3.8, 4) is 0 Å². The number of nitrogens with zero attached hydrogens (tertiary/aromatic N) is 1. The lowest BCUT2D eigenvalue weighted by Gasteiger charge is -2.08. The van der Waals surface area contributed by atoms with Crippen LogP contribution in [0, 0.1) is 17.0 Å². The van der Waals surface area contributed by atoms with Gasteiger partial charge in [-0.3, -0.25) is 10.1 Å². The zero-order chi connectivity index (χ0) is 13.8. The maximum Gasteiger partial charge on any atom is 0.274 e. The van der Waals surface area contributed by atoms with Gasteiger partial charge in [0.05, 0.1) is 4.92 Å². The second-order valence-corrected chi connectivity index (χ2v) is 5.53. The lowest BCUT2D eigenvalue weighted by molar-refractivity contribution is -0.385. The molecular formula is C14H16N2O2S. The molecule has 1 aromatic heterocycles. The molecule has 0 fully saturated rings. The van der Waals surface area contributed by atoms with Gasteiger partial charge in [-0.05, 0) is 31.5 Å². The van der Waals surface area contributed by atoms with Crippen LogP contribution in [0.3, 0.4) is 0 Å². The Balaban J connectivity index is 2.11. The van der Waals surface area contributed by atoms with Crippen LogP contribution in [0.5, 0.6) is 0 Å². The highest BCUT2D eigenvalue weighted by Crippen LogP contribution is 2.26.